The summed E-state index contributed by atoms with van der Waals surface area (Å²) >= 11 is 0. The number of rotatable bonds is 4. The van der Waals surface area contributed by atoms with Crippen LogP contribution in [0.1, 0.15) is 12.8 Å². The Balaban J connectivity index is -0.000000405. The van der Waals surface area contributed by atoms with Crippen LogP contribution in [0.4, 0.5) is 0 Å². The standard InChI is InChI=1S/C7H18NO2.2H2O/c1-8(2,3)7(10)5-4-6-9;;/h7,9-10H,4-6H2,1-3H3;2*1H2/q+1;;/p-1. The van der Waals surface area contributed by atoms with Gasteiger partial charge in [-0.15, -0.1) is 0 Å². The summed E-state index contributed by atoms with van der Waals surface area (Å²) in [5, 5.41) is 17.8. The van der Waals surface area contributed by atoms with Gasteiger partial charge in [0.1, 0.15) is 0 Å². The number of aliphatic hydroxyl groups is 2. The molecule has 0 aliphatic rings. The van der Waals surface area contributed by atoms with E-state index in [2.05, 4.69) is 0 Å². The highest BCUT2D eigenvalue weighted by Gasteiger charge is 2.18. The zero-order chi connectivity index (χ0) is 8.20. The van der Waals surface area contributed by atoms with E-state index in [4.69, 9.17) is 5.11 Å². The quantitative estimate of drug-likeness (QED) is 0.422. The molecule has 0 spiro atoms. The van der Waals surface area contributed by atoms with Crippen LogP contribution in [0, 0.1) is 0 Å². The predicted molar refractivity (Wildman–Crippen MR) is 45.9 cm³/mol. The minimum Gasteiger partial charge on any atom is -0.870 e. The van der Waals surface area contributed by atoms with Crippen LogP contribution in [-0.4, -0.2) is 59.6 Å². The summed E-state index contributed by atoms with van der Waals surface area (Å²) < 4.78 is 0.542. The molecule has 0 aliphatic heterocycles. The summed E-state index contributed by atoms with van der Waals surface area (Å²) in [4.78, 5) is 0. The van der Waals surface area contributed by atoms with Crippen molar-refractivity contribution < 1.29 is 25.6 Å². The molecule has 0 rings (SSSR count). The molecule has 0 bridgehead atoms. The van der Waals surface area contributed by atoms with E-state index < -0.39 is 0 Å². The molecule has 0 fully saturated rings. The zero-order valence-electron chi connectivity index (χ0n) is 7.99. The minimum absolute atomic E-state index is 0. The molecule has 0 saturated heterocycles. The van der Waals surface area contributed by atoms with Gasteiger partial charge in [0.25, 0.3) is 0 Å². The van der Waals surface area contributed by atoms with Crippen molar-refractivity contribution in [2.75, 3.05) is 27.7 Å². The monoisotopic (exact) mass is 183 g/mol. The lowest BCUT2D eigenvalue weighted by molar-refractivity contribution is -0.919. The van der Waals surface area contributed by atoms with Crippen LogP contribution >= 0.6 is 0 Å². The fourth-order valence-electron chi connectivity index (χ4n) is 0.661. The average Bonchev–Trinajstić information content (AvgIpc) is 1.80. The van der Waals surface area contributed by atoms with Crippen molar-refractivity contribution in [1.29, 1.82) is 0 Å². The second-order valence-electron chi connectivity index (χ2n) is 3.46. The Labute approximate surface area is 73.4 Å². The van der Waals surface area contributed by atoms with Gasteiger partial charge in [-0.05, 0) is 6.42 Å². The van der Waals surface area contributed by atoms with E-state index in [0.717, 1.165) is 0 Å². The first-order valence-corrected chi connectivity index (χ1v) is 3.58. The van der Waals surface area contributed by atoms with E-state index in [9.17, 15) is 5.11 Å². The Bertz CT molecular complexity index is 91.9. The Morgan fingerprint density at radius 2 is 1.67 bits per heavy atom. The lowest BCUT2D eigenvalue weighted by Gasteiger charge is -2.29. The van der Waals surface area contributed by atoms with Crippen molar-refractivity contribution in [2.24, 2.45) is 0 Å². The highest BCUT2D eigenvalue weighted by molar-refractivity contribution is 4.41. The fourth-order valence-corrected chi connectivity index (χ4v) is 0.661. The van der Waals surface area contributed by atoms with Crippen molar-refractivity contribution in [3.8, 4) is 0 Å². The molecule has 12 heavy (non-hydrogen) atoms. The fraction of sp³-hybridized carbons (Fsp3) is 1.00. The minimum atomic E-state index is -0.354. The van der Waals surface area contributed by atoms with E-state index in [1.165, 1.54) is 0 Å². The molecule has 0 aromatic heterocycles. The van der Waals surface area contributed by atoms with E-state index in [1.807, 2.05) is 21.1 Å². The molecule has 1 atom stereocenters. The maximum atomic E-state index is 9.38. The van der Waals surface area contributed by atoms with Gasteiger partial charge in [-0.25, -0.2) is 0 Å². The second-order valence-corrected chi connectivity index (χ2v) is 3.46. The average molecular weight is 183 g/mol. The van der Waals surface area contributed by atoms with Crippen molar-refractivity contribution in [3.63, 3.8) is 0 Å². The molecule has 0 amide bonds. The molecule has 5 heteroatoms. The van der Waals surface area contributed by atoms with Gasteiger partial charge in [0, 0.05) is 13.0 Å². The van der Waals surface area contributed by atoms with Crippen molar-refractivity contribution >= 4 is 0 Å². The van der Waals surface area contributed by atoms with Gasteiger partial charge in [-0.1, -0.05) is 0 Å². The molecule has 78 valence electrons. The molecule has 0 saturated carbocycles. The lowest BCUT2D eigenvalue weighted by atomic mass is 10.2. The van der Waals surface area contributed by atoms with Crippen LogP contribution in [-0.2, 0) is 0 Å². The number of hydrogen-bond acceptors (Lipinski definition) is 3. The molecule has 0 aromatic rings. The Kier molecular flexibility index (Phi) is 11.0. The van der Waals surface area contributed by atoms with Crippen LogP contribution < -0.4 is 0 Å². The lowest BCUT2D eigenvalue weighted by Crippen LogP contribution is -2.44. The summed E-state index contributed by atoms with van der Waals surface area (Å²) in [6.07, 6.45) is 0.989. The normalized spacial score (nSPS) is 12.8. The SMILES string of the molecule is C[N+](C)(C)C(O)CCCO.O.[OH-]. The zero-order valence-corrected chi connectivity index (χ0v) is 7.99. The number of quaternary nitrogens is 1. The van der Waals surface area contributed by atoms with E-state index >= 15 is 0 Å². The number of nitrogens with zero attached hydrogens (tertiary/aromatic N) is 1. The molecule has 0 aliphatic carbocycles. The smallest absolute Gasteiger partial charge is 0.189 e. The molecular formula is C7H21NO4. The number of aliphatic hydroxyl groups excluding tert-OH is 2. The molecule has 1 unspecified atom stereocenters. The third-order valence-electron chi connectivity index (χ3n) is 1.51. The first-order valence-electron chi connectivity index (χ1n) is 3.58. The predicted octanol–water partition coefficient (Wildman–Crippen LogP) is -1.22. The van der Waals surface area contributed by atoms with E-state index in [1.54, 1.807) is 0 Å². The Morgan fingerprint density at radius 1 is 1.25 bits per heavy atom. The van der Waals surface area contributed by atoms with Crippen LogP contribution in [0.15, 0.2) is 0 Å². The summed E-state index contributed by atoms with van der Waals surface area (Å²) in [6.45, 7) is 0.164. The topological polar surface area (TPSA) is 102 Å². The summed E-state index contributed by atoms with van der Waals surface area (Å²) in [7, 11) is 5.80. The van der Waals surface area contributed by atoms with Gasteiger partial charge in [0.05, 0.1) is 21.1 Å². The molecule has 0 heterocycles. The van der Waals surface area contributed by atoms with Gasteiger partial charge >= 0.3 is 0 Å². The molecule has 5 nitrogen and oxygen atoms in total. The number of hydrogen-bond donors (Lipinski definition) is 2. The third-order valence-corrected chi connectivity index (χ3v) is 1.51. The van der Waals surface area contributed by atoms with Gasteiger partial charge < -0.3 is 25.6 Å². The molecule has 0 aromatic carbocycles. The van der Waals surface area contributed by atoms with E-state index in [0.29, 0.717) is 17.3 Å². The van der Waals surface area contributed by atoms with Gasteiger partial charge in [-0.3, -0.25) is 0 Å². The first-order chi connectivity index (χ1) is 4.48. The van der Waals surface area contributed by atoms with Crippen molar-refractivity contribution in [1.82, 2.24) is 0 Å². The highest BCUT2D eigenvalue weighted by atomic mass is 16.3. The Hall–Kier alpha value is -0.200. The summed E-state index contributed by atoms with van der Waals surface area (Å²) in [5.74, 6) is 0. The van der Waals surface area contributed by atoms with Crippen LogP contribution in [0.25, 0.3) is 0 Å². The highest BCUT2D eigenvalue weighted by Crippen LogP contribution is 2.05. The van der Waals surface area contributed by atoms with Gasteiger partial charge in [-0.2, -0.15) is 0 Å². The maximum Gasteiger partial charge on any atom is 0.189 e. The molecular weight excluding hydrogens is 162 g/mol. The van der Waals surface area contributed by atoms with Crippen LogP contribution in [0.5, 0.6) is 0 Å². The summed E-state index contributed by atoms with van der Waals surface area (Å²) in [5.41, 5.74) is 0. The van der Waals surface area contributed by atoms with Gasteiger partial charge in [0.15, 0.2) is 6.23 Å². The second kappa shape index (κ2) is 7.45. The first kappa shape index (κ1) is 17.8. The Morgan fingerprint density at radius 3 is 1.92 bits per heavy atom. The van der Waals surface area contributed by atoms with E-state index in [-0.39, 0.29) is 23.8 Å². The van der Waals surface area contributed by atoms with Crippen LogP contribution in [0.3, 0.4) is 0 Å². The maximum absolute atomic E-state index is 9.38. The molecule has 0 radical (unpaired) electrons. The summed E-state index contributed by atoms with van der Waals surface area (Å²) in [6, 6.07) is 0. The largest absolute Gasteiger partial charge is 0.870 e. The van der Waals surface area contributed by atoms with Crippen molar-refractivity contribution in [3.05, 3.63) is 0 Å². The van der Waals surface area contributed by atoms with Gasteiger partial charge in [0.2, 0.25) is 0 Å². The van der Waals surface area contributed by atoms with Crippen LogP contribution in [0.2, 0.25) is 0 Å². The third kappa shape index (κ3) is 7.90. The molecule has 5 N–H and O–H groups in total. The van der Waals surface area contributed by atoms with Crippen molar-refractivity contribution in [2.45, 2.75) is 19.1 Å².